The number of aromatic nitrogens is 2. The van der Waals surface area contributed by atoms with Crippen molar-refractivity contribution in [2.24, 2.45) is 0 Å². The highest BCUT2D eigenvalue weighted by atomic mass is 32.1. The third kappa shape index (κ3) is 2.61. The number of H-pyrrole nitrogens is 1. The second kappa shape index (κ2) is 4.81. The number of aromatic amines is 1. The van der Waals surface area contributed by atoms with Gasteiger partial charge in [0.1, 0.15) is 5.82 Å². The molecule has 0 saturated carbocycles. The minimum Gasteiger partial charge on any atom is -0.345 e. The van der Waals surface area contributed by atoms with Crippen molar-refractivity contribution in [2.75, 3.05) is 0 Å². The lowest BCUT2D eigenvalue weighted by Gasteiger charge is -2.19. The fourth-order valence-corrected chi connectivity index (χ4v) is 2.16. The van der Waals surface area contributed by atoms with Gasteiger partial charge in [0.15, 0.2) is 0 Å². The third-order valence-corrected chi connectivity index (χ3v) is 3.41. The summed E-state index contributed by atoms with van der Waals surface area (Å²) in [6, 6.07) is 8.66. The molecule has 3 heteroatoms. The van der Waals surface area contributed by atoms with Gasteiger partial charge in [0.25, 0.3) is 0 Å². The van der Waals surface area contributed by atoms with Crippen LogP contribution in [0.15, 0.2) is 24.3 Å². The van der Waals surface area contributed by atoms with Crippen LogP contribution in [0.3, 0.4) is 0 Å². The number of imidazole rings is 1. The average Bonchev–Trinajstić information content (AvgIpc) is 2.70. The Balaban J connectivity index is 2.37. The Bertz CT molecular complexity index is 533. The van der Waals surface area contributed by atoms with E-state index in [1.165, 1.54) is 5.56 Å². The second-order valence-electron chi connectivity index (χ2n) is 5.64. The molecule has 1 heterocycles. The van der Waals surface area contributed by atoms with Crippen molar-refractivity contribution < 1.29 is 0 Å². The summed E-state index contributed by atoms with van der Waals surface area (Å²) in [5.74, 6) is 1.56. The van der Waals surface area contributed by atoms with Gasteiger partial charge in [-0.15, -0.1) is 0 Å². The fraction of sp³-hybridized carbons (Fsp3) is 0.400. The van der Waals surface area contributed by atoms with Crippen LogP contribution in [0.4, 0.5) is 0 Å². The van der Waals surface area contributed by atoms with Crippen LogP contribution >= 0.6 is 12.6 Å². The molecule has 0 aliphatic carbocycles. The van der Waals surface area contributed by atoms with Crippen LogP contribution in [0.2, 0.25) is 0 Å². The first kappa shape index (κ1) is 13.2. The molecule has 0 bridgehead atoms. The Kier molecular flexibility index (Phi) is 3.53. The molecule has 18 heavy (non-hydrogen) atoms. The molecule has 1 aromatic carbocycles. The molecule has 0 spiro atoms. The molecule has 0 unspecified atom stereocenters. The molecule has 0 aliphatic rings. The number of hydrogen-bond donors (Lipinski definition) is 2. The smallest absolute Gasteiger partial charge is 0.116 e. The van der Waals surface area contributed by atoms with E-state index in [2.05, 4.69) is 67.6 Å². The van der Waals surface area contributed by atoms with E-state index in [1.807, 2.05) is 6.92 Å². The Labute approximate surface area is 114 Å². The topological polar surface area (TPSA) is 28.7 Å². The predicted molar refractivity (Wildman–Crippen MR) is 80.2 cm³/mol. The van der Waals surface area contributed by atoms with Crippen molar-refractivity contribution >= 4 is 12.6 Å². The number of benzene rings is 1. The molecule has 0 atom stereocenters. The normalized spacial score (nSPS) is 11.8. The van der Waals surface area contributed by atoms with Crippen molar-refractivity contribution in [3.8, 4) is 11.3 Å². The Morgan fingerprint density at radius 1 is 1.17 bits per heavy atom. The van der Waals surface area contributed by atoms with E-state index in [-0.39, 0.29) is 5.41 Å². The summed E-state index contributed by atoms with van der Waals surface area (Å²) in [6.45, 7) is 8.72. The quantitative estimate of drug-likeness (QED) is 0.782. The van der Waals surface area contributed by atoms with Gasteiger partial charge in [0.05, 0.1) is 5.69 Å². The lowest BCUT2D eigenvalue weighted by atomic mass is 9.86. The first-order valence-corrected chi connectivity index (χ1v) is 6.82. The van der Waals surface area contributed by atoms with Gasteiger partial charge in [-0.1, -0.05) is 45.0 Å². The van der Waals surface area contributed by atoms with Crippen molar-refractivity contribution in [2.45, 2.75) is 38.9 Å². The van der Waals surface area contributed by atoms with Crippen LogP contribution in [-0.2, 0) is 11.2 Å². The van der Waals surface area contributed by atoms with Gasteiger partial charge in [0.2, 0.25) is 0 Å². The van der Waals surface area contributed by atoms with E-state index in [9.17, 15) is 0 Å². The summed E-state index contributed by atoms with van der Waals surface area (Å²) >= 11 is 4.24. The second-order valence-corrected chi connectivity index (χ2v) is 5.96. The number of aryl methyl sites for hydroxylation is 1. The lowest BCUT2D eigenvalue weighted by molar-refractivity contribution is 0.590. The fourth-order valence-electron chi connectivity index (χ4n) is 2.01. The van der Waals surface area contributed by atoms with Crippen molar-refractivity contribution in [1.29, 1.82) is 0 Å². The molecular formula is C15H20N2S. The largest absolute Gasteiger partial charge is 0.345 e. The molecule has 2 rings (SSSR count). The Morgan fingerprint density at radius 2 is 1.78 bits per heavy atom. The highest BCUT2D eigenvalue weighted by Gasteiger charge is 2.14. The molecule has 0 aliphatic heterocycles. The van der Waals surface area contributed by atoms with E-state index < -0.39 is 0 Å². The van der Waals surface area contributed by atoms with Gasteiger partial charge in [-0.3, -0.25) is 0 Å². The van der Waals surface area contributed by atoms with Gasteiger partial charge in [-0.05, 0) is 17.9 Å². The van der Waals surface area contributed by atoms with Crippen molar-refractivity contribution in [3.63, 3.8) is 0 Å². The van der Waals surface area contributed by atoms with Crippen LogP contribution < -0.4 is 0 Å². The number of nitrogens with one attached hydrogen (secondary N) is 1. The van der Waals surface area contributed by atoms with Crippen LogP contribution in [0.5, 0.6) is 0 Å². The Hall–Kier alpha value is -1.22. The number of hydrogen-bond acceptors (Lipinski definition) is 2. The molecule has 1 N–H and O–H groups in total. The molecule has 0 fully saturated rings. The van der Waals surface area contributed by atoms with Gasteiger partial charge >= 0.3 is 0 Å². The predicted octanol–water partition coefficient (Wildman–Crippen LogP) is 4.11. The van der Waals surface area contributed by atoms with E-state index >= 15 is 0 Å². The molecule has 96 valence electrons. The number of nitrogens with zero attached hydrogens (tertiary/aromatic N) is 1. The molecule has 1 aromatic heterocycles. The van der Waals surface area contributed by atoms with Crippen molar-refractivity contribution in [1.82, 2.24) is 9.97 Å². The maximum absolute atomic E-state index is 4.56. The summed E-state index contributed by atoms with van der Waals surface area (Å²) < 4.78 is 0. The van der Waals surface area contributed by atoms with Gasteiger partial charge in [-0.2, -0.15) is 12.6 Å². The number of thiol groups is 1. The summed E-state index contributed by atoms with van der Waals surface area (Å²) in [4.78, 5) is 7.81. The first-order valence-electron chi connectivity index (χ1n) is 6.19. The third-order valence-electron chi connectivity index (χ3n) is 3.11. The number of rotatable bonds is 2. The first-order chi connectivity index (χ1) is 8.41. The van der Waals surface area contributed by atoms with Gasteiger partial charge < -0.3 is 4.98 Å². The monoisotopic (exact) mass is 260 g/mol. The molecule has 2 nitrogen and oxygen atoms in total. The van der Waals surface area contributed by atoms with E-state index in [0.717, 1.165) is 22.8 Å². The van der Waals surface area contributed by atoms with Crippen LogP contribution in [0.25, 0.3) is 11.3 Å². The van der Waals surface area contributed by atoms with Crippen molar-refractivity contribution in [3.05, 3.63) is 41.3 Å². The summed E-state index contributed by atoms with van der Waals surface area (Å²) in [5, 5.41) is 0. The van der Waals surface area contributed by atoms with E-state index in [0.29, 0.717) is 5.75 Å². The zero-order valence-corrected chi connectivity index (χ0v) is 12.3. The zero-order valence-electron chi connectivity index (χ0n) is 11.4. The highest BCUT2D eigenvalue weighted by molar-refractivity contribution is 7.79. The molecule has 2 aromatic rings. The minimum atomic E-state index is 0.190. The standard InChI is InChI=1S/C15H20N2S/c1-10-14(17-13(9-18)16-10)11-5-7-12(8-6-11)15(2,3)4/h5-8,18H,9H2,1-4H3,(H,16,17). The highest BCUT2D eigenvalue weighted by Crippen LogP contribution is 2.26. The molecule has 0 amide bonds. The average molecular weight is 260 g/mol. The summed E-state index contributed by atoms with van der Waals surface area (Å²) in [7, 11) is 0. The van der Waals surface area contributed by atoms with Crippen LogP contribution in [-0.4, -0.2) is 9.97 Å². The van der Waals surface area contributed by atoms with Gasteiger partial charge in [0, 0.05) is 17.0 Å². The van der Waals surface area contributed by atoms with Crippen LogP contribution in [0.1, 0.15) is 37.9 Å². The Morgan fingerprint density at radius 3 is 2.22 bits per heavy atom. The maximum atomic E-state index is 4.56. The van der Waals surface area contributed by atoms with E-state index in [4.69, 9.17) is 0 Å². The molecular weight excluding hydrogens is 240 g/mol. The molecule has 0 saturated heterocycles. The molecule has 0 radical (unpaired) electrons. The van der Waals surface area contributed by atoms with Gasteiger partial charge in [-0.25, -0.2) is 4.98 Å². The maximum Gasteiger partial charge on any atom is 0.116 e. The lowest BCUT2D eigenvalue weighted by Crippen LogP contribution is -2.10. The summed E-state index contributed by atoms with van der Waals surface area (Å²) in [5.41, 5.74) is 4.82. The SMILES string of the molecule is Cc1[nH]c(CS)nc1-c1ccc(C(C)(C)C)cc1. The van der Waals surface area contributed by atoms with E-state index in [1.54, 1.807) is 0 Å². The minimum absolute atomic E-state index is 0.190. The zero-order chi connectivity index (χ0) is 13.3. The summed E-state index contributed by atoms with van der Waals surface area (Å²) in [6.07, 6.45) is 0. The van der Waals surface area contributed by atoms with Crippen LogP contribution in [0, 0.1) is 6.92 Å².